The molecule has 1 aliphatic carbocycles. The van der Waals surface area contributed by atoms with Gasteiger partial charge in [-0.2, -0.15) is 0 Å². The van der Waals surface area contributed by atoms with Gasteiger partial charge < -0.3 is 10.2 Å². The smallest absolute Gasteiger partial charge is 0.236 e. The molecule has 1 saturated carbocycles. The number of amides is 1. The maximum Gasteiger partial charge on any atom is 0.236 e. The van der Waals surface area contributed by atoms with Crippen LogP contribution in [0.3, 0.4) is 0 Å². The number of carbonyl (C=O) groups is 1. The molecule has 1 heterocycles. The molecule has 0 radical (unpaired) electrons. The lowest BCUT2D eigenvalue weighted by Gasteiger charge is -2.24. The van der Waals surface area contributed by atoms with Gasteiger partial charge in [-0.15, -0.1) is 0 Å². The van der Waals surface area contributed by atoms with Crippen LogP contribution >= 0.6 is 0 Å². The number of nitrogens with zero attached hydrogens (tertiary/aromatic N) is 1. The van der Waals surface area contributed by atoms with Crippen molar-refractivity contribution >= 4 is 5.91 Å². The summed E-state index contributed by atoms with van der Waals surface area (Å²) in [5.41, 5.74) is 0. The molecule has 0 aromatic rings. The van der Waals surface area contributed by atoms with Gasteiger partial charge in [-0.3, -0.25) is 4.79 Å². The summed E-state index contributed by atoms with van der Waals surface area (Å²) in [6.45, 7) is 7.11. The molecule has 110 valence electrons. The molecule has 3 atom stereocenters. The van der Waals surface area contributed by atoms with Gasteiger partial charge in [-0.25, -0.2) is 0 Å². The summed E-state index contributed by atoms with van der Waals surface area (Å²) in [5.74, 6) is 1.89. The van der Waals surface area contributed by atoms with Crippen molar-refractivity contribution in [1.29, 1.82) is 0 Å². The minimum absolute atomic E-state index is 0.314. The van der Waals surface area contributed by atoms with Crippen LogP contribution in [0, 0.1) is 11.8 Å². The van der Waals surface area contributed by atoms with Crippen LogP contribution in [0.25, 0.3) is 0 Å². The Balaban J connectivity index is 1.74. The van der Waals surface area contributed by atoms with Crippen LogP contribution in [-0.2, 0) is 4.79 Å². The Labute approximate surface area is 118 Å². The fraction of sp³-hybridized carbons (Fsp3) is 0.938. The summed E-state index contributed by atoms with van der Waals surface area (Å²) in [4.78, 5) is 14.3. The third-order valence-electron chi connectivity index (χ3n) is 5.23. The summed E-state index contributed by atoms with van der Waals surface area (Å²) >= 11 is 0. The van der Waals surface area contributed by atoms with Crippen LogP contribution in [-0.4, -0.2) is 36.5 Å². The Morgan fingerprint density at radius 2 is 1.84 bits per heavy atom. The van der Waals surface area contributed by atoms with Gasteiger partial charge in [-0.1, -0.05) is 33.1 Å². The van der Waals surface area contributed by atoms with E-state index in [-0.39, 0.29) is 0 Å². The molecule has 0 aromatic carbocycles. The summed E-state index contributed by atoms with van der Waals surface area (Å²) in [6.07, 6.45) is 8.79. The minimum atomic E-state index is 0.314. The van der Waals surface area contributed by atoms with Crippen LogP contribution < -0.4 is 5.32 Å². The molecule has 1 aliphatic heterocycles. The molecular weight excluding hydrogens is 236 g/mol. The van der Waals surface area contributed by atoms with Gasteiger partial charge in [0.2, 0.25) is 5.91 Å². The maximum atomic E-state index is 12.2. The third-order valence-corrected chi connectivity index (χ3v) is 5.23. The van der Waals surface area contributed by atoms with Gasteiger partial charge in [0.05, 0.1) is 6.54 Å². The summed E-state index contributed by atoms with van der Waals surface area (Å²) < 4.78 is 0. The summed E-state index contributed by atoms with van der Waals surface area (Å²) in [6, 6.07) is 0.556. The molecule has 3 nitrogen and oxygen atoms in total. The van der Waals surface area contributed by atoms with Crippen molar-refractivity contribution in [2.75, 3.05) is 19.6 Å². The first-order valence-corrected chi connectivity index (χ1v) is 8.23. The Kier molecular flexibility index (Phi) is 5.68. The number of hydrogen-bond donors (Lipinski definition) is 1. The van der Waals surface area contributed by atoms with E-state index in [2.05, 4.69) is 24.1 Å². The molecule has 3 unspecified atom stereocenters. The van der Waals surface area contributed by atoms with Crippen molar-refractivity contribution in [3.05, 3.63) is 0 Å². The highest BCUT2D eigenvalue weighted by atomic mass is 16.2. The molecule has 1 saturated heterocycles. The first-order valence-electron chi connectivity index (χ1n) is 8.23. The van der Waals surface area contributed by atoms with Gasteiger partial charge in [0, 0.05) is 19.1 Å². The molecule has 2 rings (SSSR count). The van der Waals surface area contributed by atoms with E-state index in [9.17, 15) is 4.79 Å². The summed E-state index contributed by atoms with van der Waals surface area (Å²) in [5, 5.41) is 3.52. The van der Waals surface area contributed by atoms with E-state index in [1.54, 1.807) is 0 Å². The second-order valence-corrected chi connectivity index (χ2v) is 6.39. The number of rotatable bonds is 4. The lowest BCUT2D eigenvalue weighted by atomic mass is 9.93. The zero-order valence-corrected chi connectivity index (χ0v) is 12.7. The largest absolute Gasteiger partial charge is 0.342 e. The molecule has 1 N–H and O–H groups in total. The first kappa shape index (κ1) is 14.8. The predicted molar refractivity (Wildman–Crippen MR) is 79.0 cm³/mol. The molecule has 19 heavy (non-hydrogen) atoms. The van der Waals surface area contributed by atoms with E-state index in [4.69, 9.17) is 0 Å². The lowest BCUT2D eigenvalue weighted by molar-refractivity contribution is -0.130. The van der Waals surface area contributed by atoms with Crippen molar-refractivity contribution in [2.45, 2.75) is 64.8 Å². The van der Waals surface area contributed by atoms with E-state index in [0.717, 1.165) is 24.9 Å². The van der Waals surface area contributed by atoms with Crippen LogP contribution in [0.5, 0.6) is 0 Å². The molecular formula is C16H30N2O. The molecule has 2 aliphatic rings. The highest BCUT2D eigenvalue weighted by Gasteiger charge is 2.31. The van der Waals surface area contributed by atoms with Gasteiger partial charge in [0.25, 0.3) is 0 Å². The van der Waals surface area contributed by atoms with E-state index < -0.39 is 0 Å². The van der Waals surface area contributed by atoms with E-state index in [1.807, 2.05) is 0 Å². The van der Waals surface area contributed by atoms with E-state index >= 15 is 0 Å². The fourth-order valence-electron chi connectivity index (χ4n) is 3.76. The highest BCUT2D eigenvalue weighted by molar-refractivity contribution is 5.78. The van der Waals surface area contributed by atoms with Crippen LogP contribution in [0.15, 0.2) is 0 Å². The standard InChI is InChI=1S/C16H30N2O/c1-3-14-8-9-15(13(14)2)17-12-16(19)18-10-6-4-5-7-11-18/h13-15,17H,3-12H2,1-2H3. The van der Waals surface area contributed by atoms with Gasteiger partial charge >= 0.3 is 0 Å². The van der Waals surface area contributed by atoms with Crippen molar-refractivity contribution in [3.8, 4) is 0 Å². The number of likely N-dealkylation sites (tertiary alicyclic amines) is 1. The maximum absolute atomic E-state index is 12.2. The monoisotopic (exact) mass is 266 g/mol. The summed E-state index contributed by atoms with van der Waals surface area (Å²) in [7, 11) is 0. The van der Waals surface area contributed by atoms with Crippen LogP contribution in [0.2, 0.25) is 0 Å². The van der Waals surface area contributed by atoms with Gasteiger partial charge in [0.15, 0.2) is 0 Å². The molecule has 0 aromatic heterocycles. The molecule has 0 spiro atoms. The average molecular weight is 266 g/mol. The van der Waals surface area contributed by atoms with Crippen molar-refractivity contribution < 1.29 is 4.79 Å². The lowest BCUT2D eigenvalue weighted by Crippen LogP contribution is -2.43. The Morgan fingerprint density at radius 3 is 2.42 bits per heavy atom. The normalized spacial score (nSPS) is 32.3. The molecule has 2 fully saturated rings. The SMILES string of the molecule is CCC1CCC(NCC(=O)N2CCCCCC2)C1C. The molecule has 1 amide bonds. The Bertz CT molecular complexity index is 284. The number of hydrogen-bond acceptors (Lipinski definition) is 2. The van der Waals surface area contributed by atoms with Gasteiger partial charge in [-0.05, 0) is 37.5 Å². The number of carbonyl (C=O) groups excluding carboxylic acids is 1. The van der Waals surface area contributed by atoms with Crippen molar-refractivity contribution in [3.63, 3.8) is 0 Å². The number of nitrogens with one attached hydrogen (secondary N) is 1. The van der Waals surface area contributed by atoms with Crippen molar-refractivity contribution in [1.82, 2.24) is 10.2 Å². The Hall–Kier alpha value is -0.570. The van der Waals surface area contributed by atoms with Crippen LogP contribution in [0.4, 0.5) is 0 Å². The second-order valence-electron chi connectivity index (χ2n) is 6.39. The third kappa shape index (κ3) is 3.95. The quantitative estimate of drug-likeness (QED) is 0.848. The molecule has 3 heteroatoms. The Morgan fingerprint density at radius 1 is 1.16 bits per heavy atom. The predicted octanol–water partition coefficient (Wildman–Crippen LogP) is 2.80. The average Bonchev–Trinajstić information content (AvgIpc) is 2.64. The van der Waals surface area contributed by atoms with Gasteiger partial charge in [0.1, 0.15) is 0 Å². The first-order chi connectivity index (χ1) is 9.22. The van der Waals surface area contributed by atoms with E-state index in [1.165, 1.54) is 44.9 Å². The zero-order valence-electron chi connectivity index (χ0n) is 12.7. The minimum Gasteiger partial charge on any atom is -0.342 e. The van der Waals surface area contributed by atoms with Crippen molar-refractivity contribution in [2.24, 2.45) is 11.8 Å². The molecule has 0 bridgehead atoms. The van der Waals surface area contributed by atoms with E-state index in [0.29, 0.717) is 18.5 Å². The van der Waals surface area contributed by atoms with Crippen LogP contribution in [0.1, 0.15) is 58.8 Å². The zero-order chi connectivity index (χ0) is 13.7. The second kappa shape index (κ2) is 7.28. The topological polar surface area (TPSA) is 32.3 Å². The highest BCUT2D eigenvalue weighted by Crippen LogP contribution is 2.33. The fourth-order valence-corrected chi connectivity index (χ4v) is 3.76.